The molecular formula is C38H46N8O6. The molecule has 4 atom stereocenters. The number of alkyl carbamates (subject to hydrolysis) is 2. The average Bonchev–Trinajstić information content (AvgIpc) is 3.97. The highest BCUT2D eigenvalue weighted by atomic mass is 16.5. The van der Waals surface area contributed by atoms with Crippen molar-refractivity contribution in [1.82, 2.24) is 40.4 Å². The second kappa shape index (κ2) is 17.0. The largest absolute Gasteiger partial charge is 0.453 e. The van der Waals surface area contributed by atoms with Gasteiger partial charge in [-0.05, 0) is 73.0 Å². The van der Waals surface area contributed by atoms with Crippen molar-refractivity contribution in [2.75, 3.05) is 27.3 Å². The van der Waals surface area contributed by atoms with Gasteiger partial charge in [-0.2, -0.15) is 0 Å². The smallest absolute Gasteiger partial charge is 0.407 e. The third kappa shape index (κ3) is 8.75. The zero-order valence-corrected chi connectivity index (χ0v) is 30.4. The van der Waals surface area contributed by atoms with E-state index < -0.39 is 24.3 Å². The maximum absolute atomic E-state index is 13.4. The number of amides is 4. The van der Waals surface area contributed by atoms with Gasteiger partial charge in [0.25, 0.3) is 0 Å². The van der Waals surface area contributed by atoms with Gasteiger partial charge in [0.05, 0.1) is 44.4 Å². The Hall–Kier alpha value is -5.76. The number of H-pyrrole nitrogens is 2. The lowest BCUT2D eigenvalue weighted by Gasteiger charge is -2.30. The molecule has 2 aliphatic heterocycles. The lowest BCUT2D eigenvalue weighted by Crippen LogP contribution is -2.51. The fourth-order valence-electron chi connectivity index (χ4n) is 6.54. The highest BCUT2D eigenvalue weighted by Gasteiger charge is 2.38. The Kier molecular flexibility index (Phi) is 12.2. The van der Waals surface area contributed by atoms with Crippen LogP contribution in [0.25, 0.3) is 11.3 Å². The molecule has 5 rings (SSSR count). The summed E-state index contributed by atoms with van der Waals surface area (Å²) in [5.41, 5.74) is 3.11. The topological polar surface area (TPSA) is 175 Å². The number of benzene rings is 1. The van der Waals surface area contributed by atoms with Gasteiger partial charge in [-0.1, -0.05) is 45.7 Å². The van der Waals surface area contributed by atoms with Gasteiger partial charge in [-0.3, -0.25) is 9.59 Å². The molecule has 0 spiro atoms. The van der Waals surface area contributed by atoms with Crippen LogP contribution in [0.2, 0.25) is 0 Å². The number of carbonyl (C=O) groups excluding carboxylic acids is 4. The summed E-state index contributed by atoms with van der Waals surface area (Å²) in [6.07, 6.45) is 5.30. The number of likely N-dealkylation sites (tertiary alicyclic amines) is 2. The predicted octanol–water partition coefficient (Wildman–Crippen LogP) is 4.29. The number of hydrogen-bond donors (Lipinski definition) is 4. The molecule has 14 nitrogen and oxygen atoms in total. The molecule has 4 heterocycles. The van der Waals surface area contributed by atoms with Crippen LogP contribution in [-0.4, -0.2) is 93.1 Å². The third-order valence-electron chi connectivity index (χ3n) is 9.34. The fourth-order valence-corrected chi connectivity index (χ4v) is 6.54. The summed E-state index contributed by atoms with van der Waals surface area (Å²) in [6.45, 7) is 8.68. The standard InChI is InChI=1S/C38H46N8O6/c1-23(2)31(43-37(49)51-5)35(47)45-19-9-13-29(45)33-39-21-27(41-33)12-8-7-11-25-15-17-26(18-16-25)28-22-40-34(42-28)30-14-10-20-46(30)36(48)32(24(3)4)44-38(50)52-6/h15-18,21-24,29-32H,9-10,13-14,19-20H2,1-6H3,(H,39,41)(H,40,42)(H,43,49)(H,44,50)/t29-,30-,31-,32-/m1/s1. The third-order valence-corrected chi connectivity index (χ3v) is 9.34. The summed E-state index contributed by atoms with van der Waals surface area (Å²) in [5.74, 6) is 12.6. The van der Waals surface area contributed by atoms with Crippen molar-refractivity contribution in [1.29, 1.82) is 0 Å². The molecule has 0 aliphatic carbocycles. The first-order chi connectivity index (χ1) is 25.0. The van der Waals surface area contributed by atoms with E-state index in [4.69, 9.17) is 9.47 Å². The molecule has 4 amide bonds. The van der Waals surface area contributed by atoms with E-state index >= 15 is 0 Å². The Labute approximate surface area is 303 Å². The van der Waals surface area contributed by atoms with Crippen molar-refractivity contribution >= 4 is 24.0 Å². The van der Waals surface area contributed by atoms with Crippen LogP contribution in [0.4, 0.5) is 9.59 Å². The molecule has 274 valence electrons. The highest BCUT2D eigenvalue weighted by Crippen LogP contribution is 2.33. The van der Waals surface area contributed by atoms with Crippen LogP contribution < -0.4 is 10.6 Å². The molecule has 52 heavy (non-hydrogen) atoms. The van der Waals surface area contributed by atoms with E-state index in [1.165, 1.54) is 14.2 Å². The lowest BCUT2D eigenvalue weighted by molar-refractivity contribution is -0.136. The molecule has 3 aromatic rings. The molecule has 0 unspecified atom stereocenters. The monoisotopic (exact) mass is 710 g/mol. The van der Waals surface area contributed by atoms with Crippen LogP contribution in [0.5, 0.6) is 0 Å². The zero-order valence-electron chi connectivity index (χ0n) is 30.4. The first-order valence-electron chi connectivity index (χ1n) is 17.5. The summed E-state index contributed by atoms with van der Waals surface area (Å²) in [7, 11) is 2.55. The van der Waals surface area contributed by atoms with Crippen molar-refractivity contribution in [2.24, 2.45) is 11.8 Å². The molecule has 2 fully saturated rings. The molecule has 2 saturated heterocycles. The van der Waals surface area contributed by atoms with E-state index in [1.54, 1.807) is 22.2 Å². The summed E-state index contributed by atoms with van der Waals surface area (Å²) >= 11 is 0. The molecule has 4 N–H and O–H groups in total. The van der Waals surface area contributed by atoms with Gasteiger partial charge < -0.3 is 39.9 Å². The average molecular weight is 711 g/mol. The first kappa shape index (κ1) is 37.5. The first-order valence-corrected chi connectivity index (χ1v) is 17.5. The van der Waals surface area contributed by atoms with Crippen molar-refractivity contribution in [3.63, 3.8) is 0 Å². The molecule has 0 saturated carbocycles. The number of aromatic amines is 2. The minimum Gasteiger partial charge on any atom is -0.453 e. The molecule has 0 bridgehead atoms. The van der Waals surface area contributed by atoms with E-state index in [1.807, 2.05) is 52.0 Å². The van der Waals surface area contributed by atoms with E-state index in [0.29, 0.717) is 30.4 Å². The van der Waals surface area contributed by atoms with Crippen LogP contribution in [0.15, 0.2) is 36.7 Å². The highest BCUT2D eigenvalue weighted by molar-refractivity contribution is 5.87. The van der Waals surface area contributed by atoms with Crippen molar-refractivity contribution in [3.05, 3.63) is 59.6 Å². The molecular weight excluding hydrogens is 664 g/mol. The van der Waals surface area contributed by atoms with E-state index in [-0.39, 0.29) is 35.7 Å². The number of ether oxygens (including phenoxy) is 2. The predicted molar refractivity (Wildman–Crippen MR) is 192 cm³/mol. The summed E-state index contributed by atoms with van der Waals surface area (Å²) in [6, 6.07) is 5.84. The lowest BCUT2D eigenvalue weighted by atomic mass is 10.0. The zero-order chi connectivity index (χ0) is 37.4. The van der Waals surface area contributed by atoms with Crippen LogP contribution in [0.1, 0.15) is 88.4 Å². The number of nitrogens with one attached hydrogen (secondary N) is 4. The Morgan fingerprint density at radius 3 is 1.77 bits per heavy atom. The SMILES string of the molecule is COC(=O)N[C@@H](C(=O)N1CCC[C@@H]1c1ncc(C#CC#Cc2ccc(-c3cnc([C@H]4CCCN4C(=O)[C@H](NC(=O)OC)C(C)C)[nH]3)cc2)[nH]1)C(C)C. The van der Waals surface area contributed by atoms with Gasteiger partial charge in [-0.15, -0.1) is 0 Å². The Morgan fingerprint density at radius 2 is 1.25 bits per heavy atom. The molecule has 1 aromatic carbocycles. The Bertz CT molecular complexity index is 1880. The Balaban J connectivity index is 1.20. The maximum atomic E-state index is 13.4. The minimum atomic E-state index is -0.703. The van der Waals surface area contributed by atoms with Crippen LogP contribution in [0.3, 0.4) is 0 Å². The maximum Gasteiger partial charge on any atom is 0.407 e. The fraction of sp³-hybridized carbons (Fsp3) is 0.474. The van der Waals surface area contributed by atoms with E-state index in [2.05, 4.69) is 54.3 Å². The molecule has 0 radical (unpaired) electrons. The summed E-state index contributed by atoms with van der Waals surface area (Å²) in [5, 5.41) is 5.33. The number of aromatic nitrogens is 4. The van der Waals surface area contributed by atoms with Crippen LogP contribution >= 0.6 is 0 Å². The van der Waals surface area contributed by atoms with Crippen LogP contribution in [0, 0.1) is 35.5 Å². The van der Waals surface area contributed by atoms with Gasteiger partial charge >= 0.3 is 12.2 Å². The second-order valence-electron chi connectivity index (χ2n) is 13.5. The van der Waals surface area contributed by atoms with Crippen molar-refractivity contribution < 1.29 is 28.7 Å². The van der Waals surface area contributed by atoms with Gasteiger partial charge in [0.2, 0.25) is 11.8 Å². The number of carbonyl (C=O) groups is 4. The number of nitrogens with zero attached hydrogens (tertiary/aromatic N) is 4. The van der Waals surface area contributed by atoms with Crippen molar-refractivity contribution in [3.8, 4) is 34.9 Å². The van der Waals surface area contributed by atoms with E-state index in [9.17, 15) is 19.2 Å². The van der Waals surface area contributed by atoms with Gasteiger partial charge in [-0.25, -0.2) is 19.6 Å². The van der Waals surface area contributed by atoms with Gasteiger partial charge in [0, 0.05) is 18.7 Å². The van der Waals surface area contributed by atoms with Gasteiger partial charge in [0.15, 0.2) is 0 Å². The summed E-state index contributed by atoms with van der Waals surface area (Å²) < 4.78 is 9.44. The number of imidazole rings is 2. The Morgan fingerprint density at radius 1 is 0.750 bits per heavy atom. The minimum absolute atomic E-state index is 0.111. The molecule has 14 heteroatoms. The molecule has 2 aliphatic rings. The molecule has 2 aromatic heterocycles. The van der Waals surface area contributed by atoms with Crippen molar-refractivity contribution in [2.45, 2.75) is 77.5 Å². The normalized spacial score (nSPS) is 17.8. The van der Waals surface area contributed by atoms with Gasteiger partial charge in [0.1, 0.15) is 29.4 Å². The number of hydrogen-bond acceptors (Lipinski definition) is 8. The van der Waals surface area contributed by atoms with Crippen LogP contribution in [-0.2, 0) is 19.1 Å². The quantitative estimate of drug-likeness (QED) is 0.238. The second-order valence-corrected chi connectivity index (χ2v) is 13.5. The number of rotatable bonds is 9. The summed E-state index contributed by atoms with van der Waals surface area (Å²) in [4.78, 5) is 69.8. The van der Waals surface area contributed by atoms with E-state index in [0.717, 1.165) is 42.5 Å². The number of methoxy groups -OCH3 is 2.